The number of nitro groups is 1. The third-order valence-corrected chi connectivity index (χ3v) is 3.76. The SMILES string of the molecule is CCCOC(=O)c1ccc(NC(=S)NC(=O)/C=C/c2cccc([N+](=O)[O-])c2)cc1. The molecule has 0 heterocycles. The van der Waals surface area contributed by atoms with Crippen LogP contribution in [0.2, 0.25) is 0 Å². The van der Waals surface area contributed by atoms with E-state index < -0.39 is 16.8 Å². The fraction of sp³-hybridized carbons (Fsp3) is 0.150. The van der Waals surface area contributed by atoms with Gasteiger partial charge in [-0.05, 0) is 54.5 Å². The molecule has 0 fully saturated rings. The van der Waals surface area contributed by atoms with Gasteiger partial charge in [0.2, 0.25) is 5.91 Å². The number of esters is 1. The molecule has 0 radical (unpaired) electrons. The van der Waals surface area contributed by atoms with Crippen LogP contribution in [0, 0.1) is 10.1 Å². The number of non-ortho nitro benzene ring substituents is 1. The monoisotopic (exact) mass is 413 g/mol. The largest absolute Gasteiger partial charge is 0.462 e. The molecule has 2 rings (SSSR count). The van der Waals surface area contributed by atoms with Gasteiger partial charge in [0.15, 0.2) is 5.11 Å². The number of hydrogen-bond acceptors (Lipinski definition) is 6. The maximum absolute atomic E-state index is 12.0. The number of nitrogens with one attached hydrogen (secondary N) is 2. The first-order chi connectivity index (χ1) is 13.9. The fourth-order valence-corrected chi connectivity index (χ4v) is 2.42. The molecule has 1 amide bonds. The van der Waals surface area contributed by atoms with Crippen molar-refractivity contribution in [3.8, 4) is 0 Å². The number of amides is 1. The summed E-state index contributed by atoms with van der Waals surface area (Å²) in [5, 5.41) is 16.1. The van der Waals surface area contributed by atoms with E-state index >= 15 is 0 Å². The van der Waals surface area contributed by atoms with Crippen LogP contribution in [0.3, 0.4) is 0 Å². The third kappa shape index (κ3) is 7.15. The molecule has 2 aromatic carbocycles. The molecule has 0 aliphatic carbocycles. The van der Waals surface area contributed by atoms with E-state index in [4.69, 9.17) is 17.0 Å². The van der Waals surface area contributed by atoms with Gasteiger partial charge in [0.25, 0.3) is 5.69 Å². The molecule has 8 nitrogen and oxygen atoms in total. The quantitative estimate of drug-likeness (QED) is 0.234. The standard InChI is InChI=1S/C20H19N3O5S/c1-2-12-28-19(25)15-7-9-16(10-8-15)21-20(29)22-18(24)11-6-14-4-3-5-17(13-14)23(26)27/h3-11,13H,2,12H2,1H3,(H2,21,22,24,29)/b11-6+. The number of anilines is 1. The molecule has 2 N–H and O–H groups in total. The molecule has 0 saturated heterocycles. The Morgan fingerprint density at radius 3 is 2.59 bits per heavy atom. The van der Waals surface area contributed by atoms with Crippen molar-refractivity contribution >= 4 is 46.7 Å². The molecule has 29 heavy (non-hydrogen) atoms. The second-order valence-corrected chi connectivity index (χ2v) is 6.25. The normalized spacial score (nSPS) is 10.4. The van der Waals surface area contributed by atoms with E-state index in [-0.39, 0.29) is 10.8 Å². The minimum atomic E-state index is -0.509. The highest BCUT2D eigenvalue weighted by Gasteiger charge is 2.08. The number of carbonyl (C=O) groups is 2. The number of ether oxygens (including phenoxy) is 1. The Morgan fingerprint density at radius 1 is 1.21 bits per heavy atom. The Hall–Kier alpha value is -3.59. The van der Waals surface area contributed by atoms with E-state index in [1.165, 1.54) is 30.4 Å². The molecule has 0 aliphatic rings. The van der Waals surface area contributed by atoms with Crippen LogP contribution in [0.1, 0.15) is 29.3 Å². The molecular formula is C20H19N3O5S. The fourth-order valence-electron chi connectivity index (χ4n) is 2.20. The van der Waals surface area contributed by atoms with Crippen LogP contribution >= 0.6 is 12.2 Å². The van der Waals surface area contributed by atoms with Gasteiger partial charge in [-0.2, -0.15) is 0 Å². The van der Waals surface area contributed by atoms with Crippen LogP contribution in [0.15, 0.2) is 54.6 Å². The van der Waals surface area contributed by atoms with Crippen LogP contribution in [0.4, 0.5) is 11.4 Å². The Bertz CT molecular complexity index is 941. The van der Waals surface area contributed by atoms with Gasteiger partial charge >= 0.3 is 5.97 Å². The van der Waals surface area contributed by atoms with Gasteiger partial charge in [0, 0.05) is 23.9 Å². The Morgan fingerprint density at radius 2 is 1.93 bits per heavy atom. The van der Waals surface area contributed by atoms with Gasteiger partial charge in [-0.3, -0.25) is 20.2 Å². The molecule has 0 aromatic heterocycles. The zero-order chi connectivity index (χ0) is 21.2. The average Bonchev–Trinajstić information content (AvgIpc) is 2.71. The van der Waals surface area contributed by atoms with Crippen LogP contribution in [-0.2, 0) is 9.53 Å². The lowest BCUT2D eigenvalue weighted by Crippen LogP contribution is -2.32. The second kappa shape index (κ2) is 10.7. The summed E-state index contributed by atoms with van der Waals surface area (Å²) in [6.45, 7) is 2.27. The van der Waals surface area contributed by atoms with Crippen molar-refractivity contribution in [1.29, 1.82) is 0 Å². The van der Waals surface area contributed by atoms with Crippen molar-refractivity contribution in [2.75, 3.05) is 11.9 Å². The maximum Gasteiger partial charge on any atom is 0.338 e. The second-order valence-electron chi connectivity index (χ2n) is 5.84. The minimum absolute atomic E-state index is 0.0632. The summed E-state index contributed by atoms with van der Waals surface area (Å²) in [6, 6.07) is 12.3. The van der Waals surface area contributed by atoms with Gasteiger partial charge in [-0.1, -0.05) is 19.1 Å². The van der Waals surface area contributed by atoms with Crippen molar-refractivity contribution in [3.63, 3.8) is 0 Å². The highest BCUT2D eigenvalue weighted by atomic mass is 32.1. The topological polar surface area (TPSA) is 111 Å². The number of nitrogens with zero attached hydrogens (tertiary/aromatic N) is 1. The smallest absolute Gasteiger partial charge is 0.338 e. The van der Waals surface area contributed by atoms with E-state index in [2.05, 4.69) is 10.6 Å². The maximum atomic E-state index is 12.0. The molecule has 150 valence electrons. The summed E-state index contributed by atoms with van der Waals surface area (Å²) >= 11 is 5.08. The summed E-state index contributed by atoms with van der Waals surface area (Å²) in [5.74, 6) is -0.894. The van der Waals surface area contributed by atoms with Crippen molar-refractivity contribution in [2.24, 2.45) is 0 Å². The molecule has 0 saturated carbocycles. The van der Waals surface area contributed by atoms with E-state index in [9.17, 15) is 19.7 Å². The Labute approximate surface area is 172 Å². The van der Waals surface area contributed by atoms with Crippen LogP contribution < -0.4 is 10.6 Å². The first-order valence-corrected chi connectivity index (χ1v) is 9.11. The van der Waals surface area contributed by atoms with Crippen molar-refractivity contribution in [1.82, 2.24) is 5.32 Å². The molecule has 0 bridgehead atoms. The van der Waals surface area contributed by atoms with E-state index in [0.29, 0.717) is 23.4 Å². The number of benzene rings is 2. The molecule has 0 aliphatic heterocycles. The predicted molar refractivity (Wildman–Crippen MR) is 114 cm³/mol. The van der Waals surface area contributed by atoms with E-state index in [1.54, 1.807) is 30.3 Å². The van der Waals surface area contributed by atoms with Crippen LogP contribution in [-0.4, -0.2) is 28.5 Å². The highest BCUT2D eigenvalue weighted by molar-refractivity contribution is 7.80. The number of carbonyl (C=O) groups excluding carboxylic acids is 2. The van der Waals surface area contributed by atoms with Gasteiger partial charge in [-0.25, -0.2) is 4.79 Å². The minimum Gasteiger partial charge on any atom is -0.462 e. The Balaban J connectivity index is 1.88. The molecule has 0 atom stereocenters. The van der Waals surface area contributed by atoms with E-state index in [1.807, 2.05) is 6.92 Å². The third-order valence-electron chi connectivity index (χ3n) is 3.56. The van der Waals surface area contributed by atoms with Crippen LogP contribution in [0.5, 0.6) is 0 Å². The lowest BCUT2D eigenvalue weighted by Gasteiger charge is -2.09. The van der Waals surface area contributed by atoms with Crippen molar-refractivity contribution < 1.29 is 19.2 Å². The average molecular weight is 413 g/mol. The predicted octanol–water partition coefficient (Wildman–Crippen LogP) is 3.69. The lowest BCUT2D eigenvalue weighted by atomic mass is 10.2. The summed E-state index contributed by atoms with van der Waals surface area (Å²) in [6.07, 6.45) is 3.41. The highest BCUT2D eigenvalue weighted by Crippen LogP contribution is 2.14. The van der Waals surface area contributed by atoms with Gasteiger partial charge < -0.3 is 10.1 Å². The number of hydrogen-bond donors (Lipinski definition) is 2. The molecular weight excluding hydrogens is 394 g/mol. The number of nitro benzene ring substituents is 1. The van der Waals surface area contributed by atoms with Crippen molar-refractivity contribution in [2.45, 2.75) is 13.3 Å². The summed E-state index contributed by atoms with van der Waals surface area (Å²) < 4.78 is 5.05. The van der Waals surface area contributed by atoms with Gasteiger partial charge in [-0.15, -0.1) is 0 Å². The van der Waals surface area contributed by atoms with Gasteiger partial charge in [0.1, 0.15) is 0 Å². The summed E-state index contributed by atoms with van der Waals surface area (Å²) in [7, 11) is 0. The molecule has 9 heteroatoms. The molecule has 2 aromatic rings. The lowest BCUT2D eigenvalue weighted by molar-refractivity contribution is -0.384. The van der Waals surface area contributed by atoms with E-state index in [0.717, 1.165) is 6.42 Å². The molecule has 0 unspecified atom stereocenters. The summed E-state index contributed by atoms with van der Waals surface area (Å²) in [4.78, 5) is 34.0. The van der Waals surface area contributed by atoms with Crippen LogP contribution in [0.25, 0.3) is 6.08 Å². The zero-order valence-electron chi connectivity index (χ0n) is 15.6. The van der Waals surface area contributed by atoms with Gasteiger partial charge in [0.05, 0.1) is 17.1 Å². The van der Waals surface area contributed by atoms with Crippen molar-refractivity contribution in [3.05, 3.63) is 75.8 Å². The number of rotatable bonds is 7. The summed E-state index contributed by atoms with van der Waals surface area (Å²) in [5.41, 5.74) is 1.45. The molecule has 0 spiro atoms. The first-order valence-electron chi connectivity index (χ1n) is 8.70. The Kier molecular flexibility index (Phi) is 7.99. The first kappa shape index (κ1) is 21.7. The zero-order valence-corrected chi connectivity index (χ0v) is 16.4. The number of thiocarbonyl (C=S) groups is 1.